The monoisotopic (exact) mass is 327 g/mol. The third kappa shape index (κ3) is 3.39. The Morgan fingerprint density at radius 1 is 1.08 bits per heavy atom. The van der Waals surface area contributed by atoms with E-state index in [-0.39, 0.29) is 32.2 Å². The number of carbonyl (C=O) groups excluding carboxylic acids is 1. The Bertz CT molecular complexity index is 838. The van der Waals surface area contributed by atoms with Gasteiger partial charge in [0, 0.05) is 41.5 Å². The van der Waals surface area contributed by atoms with Gasteiger partial charge in [-0.25, -0.2) is 0 Å². The van der Waals surface area contributed by atoms with Crippen molar-refractivity contribution < 1.29 is 15.0 Å². The number of H-pyrrole nitrogens is 1. The Balaban J connectivity index is 1.75. The maximum atomic E-state index is 12.2. The fourth-order valence-electron chi connectivity index (χ4n) is 2.93. The van der Waals surface area contributed by atoms with Crippen LogP contribution in [0.4, 0.5) is 0 Å². The lowest BCUT2D eigenvalue weighted by atomic mass is 10.1. The van der Waals surface area contributed by atoms with Crippen molar-refractivity contribution in [1.29, 1.82) is 0 Å². The summed E-state index contributed by atoms with van der Waals surface area (Å²) >= 11 is 0. The van der Waals surface area contributed by atoms with Gasteiger partial charge in [0.25, 0.3) is 0 Å². The zero-order valence-electron chi connectivity index (χ0n) is 13.4. The van der Waals surface area contributed by atoms with Crippen LogP contribution in [0.3, 0.4) is 0 Å². The van der Waals surface area contributed by atoms with Crippen molar-refractivity contribution in [2.24, 2.45) is 0 Å². The normalized spacial score (nSPS) is 11.2. The quantitative estimate of drug-likeness (QED) is 0.613. The molecule has 2 aromatic heterocycles. The summed E-state index contributed by atoms with van der Waals surface area (Å²) in [6.07, 6.45) is 2.64. The predicted octanol–water partition coefficient (Wildman–Crippen LogP) is 1.46. The minimum absolute atomic E-state index is 0.0843. The minimum Gasteiger partial charge on any atom is -0.395 e. The summed E-state index contributed by atoms with van der Waals surface area (Å²) in [6.45, 7) is 0.277. The Labute approximate surface area is 139 Å². The van der Waals surface area contributed by atoms with Crippen molar-refractivity contribution in [2.75, 3.05) is 26.3 Å². The van der Waals surface area contributed by atoms with Gasteiger partial charge in [-0.05, 0) is 18.6 Å². The molecule has 0 aliphatic rings. The number of nitrogens with one attached hydrogen (secondary N) is 1. The van der Waals surface area contributed by atoms with Crippen LogP contribution in [0.2, 0.25) is 0 Å². The second-order valence-corrected chi connectivity index (χ2v) is 5.72. The number of aromatic nitrogens is 2. The summed E-state index contributed by atoms with van der Waals surface area (Å²) in [6, 6.07) is 10.1. The Morgan fingerprint density at radius 2 is 1.83 bits per heavy atom. The zero-order chi connectivity index (χ0) is 16.9. The number of hydrogen-bond donors (Lipinski definition) is 3. The molecule has 0 aliphatic heterocycles. The van der Waals surface area contributed by atoms with Crippen LogP contribution in [0.15, 0.2) is 36.5 Å². The zero-order valence-corrected chi connectivity index (χ0v) is 13.4. The molecule has 0 spiro atoms. The van der Waals surface area contributed by atoms with E-state index in [2.05, 4.69) is 16.0 Å². The first-order chi connectivity index (χ1) is 11.7. The summed E-state index contributed by atoms with van der Waals surface area (Å²) in [5.74, 6) is -0.0843. The molecule has 0 fully saturated rings. The minimum atomic E-state index is -0.106. The molecule has 0 saturated heterocycles. The molecule has 126 valence electrons. The number of rotatable bonds is 7. The van der Waals surface area contributed by atoms with Crippen LogP contribution in [0, 0.1) is 0 Å². The molecule has 2 heterocycles. The van der Waals surface area contributed by atoms with E-state index < -0.39 is 0 Å². The predicted molar refractivity (Wildman–Crippen MR) is 92.7 cm³/mol. The van der Waals surface area contributed by atoms with E-state index in [1.165, 1.54) is 4.90 Å². The highest BCUT2D eigenvalue weighted by molar-refractivity contribution is 6.06. The summed E-state index contributed by atoms with van der Waals surface area (Å²) in [5.41, 5.74) is 2.90. The molecular formula is C18H21N3O3. The highest BCUT2D eigenvalue weighted by Crippen LogP contribution is 2.25. The van der Waals surface area contributed by atoms with Crippen molar-refractivity contribution in [1.82, 2.24) is 14.9 Å². The molecule has 0 aliphatic carbocycles. The molecule has 3 N–H and O–H groups in total. The van der Waals surface area contributed by atoms with Crippen molar-refractivity contribution in [2.45, 2.75) is 12.8 Å². The molecule has 6 nitrogen and oxygen atoms in total. The topological polar surface area (TPSA) is 89.5 Å². The van der Waals surface area contributed by atoms with E-state index in [9.17, 15) is 4.79 Å². The van der Waals surface area contributed by atoms with Crippen LogP contribution in [-0.2, 0) is 11.2 Å². The molecule has 3 rings (SSSR count). The number of nitrogens with zero attached hydrogens (tertiary/aromatic N) is 2. The summed E-state index contributed by atoms with van der Waals surface area (Å²) in [5, 5.41) is 20.2. The summed E-state index contributed by atoms with van der Waals surface area (Å²) in [7, 11) is 0. The second kappa shape index (κ2) is 7.42. The molecular weight excluding hydrogens is 306 g/mol. The molecule has 6 heteroatoms. The molecule has 3 aromatic rings. The van der Waals surface area contributed by atoms with Crippen molar-refractivity contribution in [3.05, 3.63) is 42.2 Å². The Morgan fingerprint density at radius 3 is 2.58 bits per heavy atom. The van der Waals surface area contributed by atoms with Crippen LogP contribution in [0.25, 0.3) is 21.8 Å². The maximum Gasteiger partial charge on any atom is 0.223 e. The molecule has 0 unspecified atom stereocenters. The van der Waals surface area contributed by atoms with E-state index >= 15 is 0 Å². The Hall–Kier alpha value is -2.44. The number of pyridine rings is 1. The average molecular weight is 327 g/mol. The van der Waals surface area contributed by atoms with E-state index in [1.54, 1.807) is 6.20 Å². The number of hydrogen-bond acceptors (Lipinski definition) is 4. The SMILES string of the molecule is O=C(CCc1cc2c(cn1)[nH]c1ccccc12)N(CCO)CCO. The van der Waals surface area contributed by atoms with Gasteiger partial charge in [-0.1, -0.05) is 18.2 Å². The number of aromatic amines is 1. The number of aliphatic hydroxyl groups is 2. The van der Waals surface area contributed by atoms with Crippen LogP contribution >= 0.6 is 0 Å². The molecule has 0 bridgehead atoms. The number of carbonyl (C=O) groups is 1. The fraction of sp³-hybridized carbons (Fsp3) is 0.333. The van der Waals surface area contributed by atoms with Gasteiger partial charge in [0.15, 0.2) is 0 Å². The van der Waals surface area contributed by atoms with Gasteiger partial charge in [0.2, 0.25) is 5.91 Å². The molecule has 0 radical (unpaired) electrons. The van der Waals surface area contributed by atoms with Gasteiger partial charge in [0.1, 0.15) is 0 Å². The third-order valence-corrected chi connectivity index (χ3v) is 4.13. The van der Waals surface area contributed by atoms with Crippen LogP contribution in [0.1, 0.15) is 12.1 Å². The van der Waals surface area contributed by atoms with E-state index in [0.717, 1.165) is 27.5 Å². The largest absolute Gasteiger partial charge is 0.395 e. The van der Waals surface area contributed by atoms with Gasteiger partial charge in [-0.15, -0.1) is 0 Å². The lowest BCUT2D eigenvalue weighted by Gasteiger charge is -2.20. The first-order valence-electron chi connectivity index (χ1n) is 8.07. The maximum absolute atomic E-state index is 12.2. The number of para-hydroxylation sites is 1. The number of fused-ring (bicyclic) bond motifs is 3. The van der Waals surface area contributed by atoms with Crippen molar-refractivity contribution in [3.8, 4) is 0 Å². The molecule has 1 amide bonds. The number of amides is 1. The van der Waals surface area contributed by atoms with E-state index in [0.29, 0.717) is 12.8 Å². The van der Waals surface area contributed by atoms with Crippen molar-refractivity contribution >= 4 is 27.7 Å². The number of benzene rings is 1. The highest BCUT2D eigenvalue weighted by Gasteiger charge is 2.13. The van der Waals surface area contributed by atoms with Crippen molar-refractivity contribution in [3.63, 3.8) is 0 Å². The van der Waals surface area contributed by atoms with E-state index in [4.69, 9.17) is 10.2 Å². The molecule has 24 heavy (non-hydrogen) atoms. The van der Waals surface area contributed by atoms with Gasteiger partial charge < -0.3 is 20.1 Å². The van der Waals surface area contributed by atoms with Crippen LogP contribution in [-0.4, -0.2) is 57.3 Å². The highest BCUT2D eigenvalue weighted by atomic mass is 16.3. The number of aryl methyl sites for hydroxylation is 1. The van der Waals surface area contributed by atoms with Crippen LogP contribution in [0.5, 0.6) is 0 Å². The second-order valence-electron chi connectivity index (χ2n) is 5.72. The van der Waals surface area contributed by atoms with E-state index in [1.807, 2.05) is 24.3 Å². The smallest absolute Gasteiger partial charge is 0.223 e. The standard InChI is InChI=1S/C18H21N3O3/c22-9-7-21(8-10-23)18(24)6-5-13-11-15-14-3-1-2-4-16(14)20-17(15)12-19-13/h1-4,11-12,20,22-23H,5-10H2. The van der Waals surface area contributed by atoms with Gasteiger partial charge in [-0.2, -0.15) is 0 Å². The van der Waals surface area contributed by atoms with Gasteiger partial charge >= 0.3 is 0 Å². The number of aliphatic hydroxyl groups excluding tert-OH is 2. The summed E-state index contributed by atoms with van der Waals surface area (Å²) < 4.78 is 0. The lowest BCUT2D eigenvalue weighted by Crippen LogP contribution is -2.36. The lowest BCUT2D eigenvalue weighted by molar-refractivity contribution is -0.132. The van der Waals surface area contributed by atoms with Crippen LogP contribution < -0.4 is 0 Å². The average Bonchev–Trinajstić information content (AvgIpc) is 2.97. The Kier molecular flexibility index (Phi) is 5.08. The first-order valence-corrected chi connectivity index (χ1v) is 8.07. The molecule has 1 aromatic carbocycles. The summed E-state index contributed by atoms with van der Waals surface area (Å²) in [4.78, 5) is 21.4. The van der Waals surface area contributed by atoms with Gasteiger partial charge in [-0.3, -0.25) is 9.78 Å². The first kappa shape index (κ1) is 16.4. The fourth-order valence-corrected chi connectivity index (χ4v) is 2.93. The molecule has 0 saturated carbocycles. The molecule has 0 atom stereocenters. The van der Waals surface area contributed by atoms with Gasteiger partial charge in [0.05, 0.1) is 24.9 Å². The third-order valence-electron chi connectivity index (χ3n) is 4.13.